The monoisotopic (exact) mass is 376 g/mol. The van der Waals surface area contributed by atoms with Crippen LogP contribution in [0.2, 0.25) is 0 Å². The Hall–Kier alpha value is -3.34. The second-order valence-electron chi connectivity index (χ2n) is 6.59. The molecule has 3 aromatic rings. The van der Waals surface area contributed by atoms with Gasteiger partial charge in [-0.25, -0.2) is 0 Å². The molecule has 0 fully saturated rings. The van der Waals surface area contributed by atoms with Gasteiger partial charge in [-0.15, -0.1) is 0 Å². The molecule has 0 aliphatic carbocycles. The fourth-order valence-electron chi connectivity index (χ4n) is 3.07. The van der Waals surface area contributed by atoms with Crippen molar-refractivity contribution in [3.63, 3.8) is 0 Å². The third-order valence-corrected chi connectivity index (χ3v) is 4.51. The quantitative estimate of drug-likeness (QED) is 0.451. The molecule has 0 N–H and O–H groups in total. The van der Waals surface area contributed by atoms with Gasteiger partial charge in [-0.05, 0) is 55.8 Å². The molecule has 5 heteroatoms. The van der Waals surface area contributed by atoms with Crippen LogP contribution in [-0.2, 0) is 6.54 Å². The minimum atomic E-state index is -0.0742. The number of hydrogen-bond donors (Lipinski definition) is 0. The van der Waals surface area contributed by atoms with Gasteiger partial charge in [-0.1, -0.05) is 24.3 Å². The number of ether oxygens (including phenoxy) is 2. The summed E-state index contributed by atoms with van der Waals surface area (Å²) < 4.78 is 12.6. The maximum absolute atomic E-state index is 12.5. The highest BCUT2D eigenvalue weighted by Crippen LogP contribution is 2.23. The largest absolute Gasteiger partial charge is 0.497 e. The number of carbonyl (C=O) groups excluding carboxylic acids is 1. The highest BCUT2D eigenvalue weighted by atomic mass is 16.5. The Morgan fingerprint density at radius 3 is 2.57 bits per heavy atom. The predicted octanol–water partition coefficient (Wildman–Crippen LogP) is 4.46. The van der Waals surface area contributed by atoms with Crippen LogP contribution in [0.5, 0.6) is 11.5 Å². The van der Waals surface area contributed by atoms with Crippen LogP contribution in [0, 0.1) is 13.8 Å². The molecule has 1 aromatic heterocycles. The Bertz CT molecular complexity index is 1020. The molecule has 144 valence electrons. The van der Waals surface area contributed by atoms with Crippen LogP contribution in [0.25, 0.3) is 6.08 Å². The molecule has 1 heterocycles. The van der Waals surface area contributed by atoms with Crippen molar-refractivity contribution in [1.82, 2.24) is 9.78 Å². The second-order valence-corrected chi connectivity index (χ2v) is 6.59. The summed E-state index contributed by atoms with van der Waals surface area (Å²) in [6, 6.07) is 15.0. The van der Waals surface area contributed by atoms with E-state index in [4.69, 9.17) is 9.47 Å². The van der Waals surface area contributed by atoms with Gasteiger partial charge in [-0.3, -0.25) is 9.48 Å². The Morgan fingerprint density at radius 2 is 1.89 bits per heavy atom. The highest BCUT2D eigenvalue weighted by Gasteiger charge is 2.08. The van der Waals surface area contributed by atoms with Gasteiger partial charge in [0.25, 0.3) is 0 Å². The zero-order valence-corrected chi connectivity index (χ0v) is 16.6. The van der Waals surface area contributed by atoms with Crippen molar-refractivity contribution in [1.29, 1.82) is 0 Å². The summed E-state index contributed by atoms with van der Waals surface area (Å²) in [7, 11) is 3.24. The number of carbonyl (C=O) groups is 1. The SMILES string of the molecule is COc1cccc(C(=O)/C=C/c2ccc(OC)c(Cn3nc(C)cc3C)c2)c1. The molecule has 0 atom stereocenters. The summed E-state index contributed by atoms with van der Waals surface area (Å²) in [5, 5.41) is 4.52. The number of aryl methyl sites for hydroxylation is 2. The molecular formula is C23H24N2O3. The van der Waals surface area contributed by atoms with E-state index in [2.05, 4.69) is 5.10 Å². The smallest absolute Gasteiger partial charge is 0.185 e. The maximum Gasteiger partial charge on any atom is 0.185 e. The average molecular weight is 376 g/mol. The van der Waals surface area contributed by atoms with E-state index in [1.807, 2.05) is 54.9 Å². The molecule has 0 saturated heterocycles. The Balaban J connectivity index is 1.83. The lowest BCUT2D eigenvalue weighted by molar-refractivity contribution is 0.104. The van der Waals surface area contributed by atoms with Crippen LogP contribution in [0.15, 0.2) is 54.6 Å². The minimum absolute atomic E-state index is 0.0742. The molecule has 0 bridgehead atoms. The number of ketones is 1. The topological polar surface area (TPSA) is 53.4 Å². The standard InChI is InChI=1S/C23H24N2O3/c1-16-12-17(2)25(24-16)15-20-13-18(9-11-23(20)28-4)8-10-22(26)19-6-5-7-21(14-19)27-3/h5-14H,15H2,1-4H3/b10-8+. The first kappa shape index (κ1) is 19.4. The van der Waals surface area contributed by atoms with Crippen molar-refractivity contribution < 1.29 is 14.3 Å². The van der Waals surface area contributed by atoms with Crippen molar-refractivity contribution in [2.45, 2.75) is 20.4 Å². The molecule has 2 aromatic carbocycles. The zero-order valence-electron chi connectivity index (χ0n) is 16.6. The summed E-state index contributed by atoms with van der Waals surface area (Å²) in [4.78, 5) is 12.5. The molecule has 0 radical (unpaired) electrons. The molecule has 0 unspecified atom stereocenters. The summed E-state index contributed by atoms with van der Waals surface area (Å²) in [5.41, 5.74) is 4.59. The van der Waals surface area contributed by atoms with Gasteiger partial charge in [0.1, 0.15) is 11.5 Å². The number of benzene rings is 2. The maximum atomic E-state index is 12.5. The van der Waals surface area contributed by atoms with Crippen LogP contribution in [-0.4, -0.2) is 29.8 Å². The van der Waals surface area contributed by atoms with Crippen LogP contribution in [0.1, 0.15) is 32.9 Å². The summed E-state index contributed by atoms with van der Waals surface area (Å²) in [5.74, 6) is 1.38. The number of aromatic nitrogens is 2. The predicted molar refractivity (Wildman–Crippen MR) is 110 cm³/mol. The van der Waals surface area contributed by atoms with E-state index < -0.39 is 0 Å². The van der Waals surface area contributed by atoms with E-state index in [1.54, 1.807) is 38.5 Å². The molecule has 28 heavy (non-hydrogen) atoms. The number of rotatable bonds is 7. The van der Waals surface area contributed by atoms with Gasteiger partial charge in [-0.2, -0.15) is 5.10 Å². The molecule has 0 amide bonds. The third-order valence-electron chi connectivity index (χ3n) is 4.51. The lowest BCUT2D eigenvalue weighted by Gasteiger charge is -2.11. The van der Waals surface area contributed by atoms with Crippen molar-refractivity contribution in [2.75, 3.05) is 14.2 Å². The first-order valence-corrected chi connectivity index (χ1v) is 9.04. The molecular weight excluding hydrogens is 352 g/mol. The number of nitrogens with zero attached hydrogens (tertiary/aromatic N) is 2. The van der Waals surface area contributed by atoms with E-state index in [-0.39, 0.29) is 5.78 Å². The Morgan fingerprint density at radius 1 is 1.07 bits per heavy atom. The first-order chi connectivity index (χ1) is 13.5. The molecule has 0 aliphatic rings. The molecule has 0 saturated carbocycles. The molecule has 3 rings (SSSR count). The van der Waals surface area contributed by atoms with E-state index in [0.717, 1.165) is 28.3 Å². The number of hydrogen-bond acceptors (Lipinski definition) is 4. The van der Waals surface area contributed by atoms with Crippen molar-refractivity contribution in [3.05, 3.63) is 82.7 Å². The van der Waals surface area contributed by atoms with E-state index in [9.17, 15) is 4.79 Å². The van der Waals surface area contributed by atoms with Crippen molar-refractivity contribution in [3.8, 4) is 11.5 Å². The van der Waals surface area contributed by atoms with Gasteiger partial charge in [0.05, 0.1) is 26.5 Å². The molecule has 0 spiro atoms. The summed E-state index contributed by atoms with van der Waals surface area (Å²) >= 11 is 0. The molecule has 0 aliphatic heterocycles. The van der Waals surface area contributed by atoms with Crippen LogP contribution < -0.4 is 9.47 Å². The van der Waals surface area contributed by atoms with Crippen molar-refractivity contribution >= 4 is 11.9 Å². The van der Waals surface area contributed by atoms with Gasteiger partial charge in [0, 0.05) is 16.8 Å². The zero-order chi connectivity index (χ0) is 20.1. The summed E-state index contributed by atoms with van der Waals surface area (Å²) in [6.07, 6.45) is 3.38. The lowest BCUT2D eigenvalue weighted by atomic mass is 10.1. The molecule has 5 nitrogen and oxygen atoms in total. The van der Waals surface area contributed by atoms with Crippen LogP contribution >= 0.6 is 0 Å². The van der Waals surface area contributed by atoms with Gasteiger partial charge in [0.2, 0.25) is 0 Å². The number of allylic oxidation sites excluding steroid dienone is 1. The van der Waals surface area contributed by atoms with Gasteiger partial charge >= 0.3 is 0 Å². The third kappa shape index (κ3) is 4.49. The van der Waals surface area contributed by atoms with Crippen LogP contribution in [0.4, 0.5) is 0 Å². The van der Waals surface area contributed by atoms with Gasteiger partial charge < -0.3 is 9.47 Å². The van der Waals surface area contributed by atoms with E-state index >= 15 is 0 Å². The fraction of sp³-hybridized carbons (Fsp3) is 0.217. The van der Waals surface area contributed by atoms with E-state index in [1.165, 1.54) is 0 Å². The lowest BCUT2D eigenvalue weighted by Crippen LogP contribution is -2.05. The van der Waals surface area contributed by atoms with Gasteiger partial charge in [0.15, 0.2) is 5.78 Å². The Labute approximate surface area is 165 Å². The normalized spacial score (nSPS) is 11.0. The number of methoxy groups -OCH3 is 2. The summed E-state index contributed by atoms with van der Waals surface area (Å²) in [6.45, 7) is 4.61. The second kappa shape index (κ2) is 8.57. The minimum Gasteiger partial charge on any atom is -0.497 e. The highest BCUT2D eigenvalue weighted by molar-refractivity contribution is 6.07. The van der Waals surface area contributed by atoms with Crippen molar-refractivity contribution in [2.24, 2.45) is 0 Å². The fourth-order valence-corrected chi connectivity index (χ4v) is 3.07. The van der Waals surface area contributed by atoms with E-state index in [0.29, 0.717) is 17.9 Å². The van der Waals surface area contributed by atoms with Crippen LogP contribution in [0.3, 0.4) is 0 Å². The average Bonchev–Trinajstić information content (AvgIpc) is 3.03. The first-order valence-electron chi connectivity index (χ1n) is 9.04. The Kier molecular flexibility index (Phi) is 5.94.